The minimum atomic E-state index is 0.205. The Morgan fingerprint density at radius 1 is 1.10 bits per heavy atom. The summed E-state index contributed by atoms with van der Waals surface area (Å²) >= 11 is 0. The van der Waals surface area contributed by atoms with Crippen molar-refractivity contribution in [3.63, 3.8) is 0 Å². The number of aliphatic imine (C=N–C) groups is 1. The number of hydrogen-bond donors (Lipinski definition) is 2. The van der Waals surface area contributed by atoms with E-state index >= 15 is 0 Å². The number of ether oxygens (including phenoxy) is 2. The summed E-state index contributed by atoms with van der Waals surface area (Å²) in [6.07, 6.45) is 2.20. The van der Waals surface area contributed by atoms with Crippen molar-refractivity contribution in [2.75, 3.05) is 40.4 Å². The second kappa shape index (κ2) is 11.2. The molecule has 1 aliphatic rings. The van der Waals surface area contributed by atoms with Crippen LogP contribution in [0.5, 0.6) is 11.5 Å². The van der Waals surface area contributed by atoms with Crippen molar-refractivity contribution < 1.29 is 14.3 Å². The first-order valence-electron chi connectivity index (χ1n) is 10.7. The average Bonchev–Trinajstić information content (AvgIpc) is 3.16. The predicted octanol–water partition coefficient (Wildman–Crippen LogP) is 2.24. The molecular weight excluding hydrogens is 392 g/mol. The van der Waals surface area contributed by atoms with Gasteiger partial charge in [0.1, 0.15) is 0 Å². The molecular formula is C24H32N4O3. The van der Waals surface area contributed by atoms with E-state index in [2.05, 4.69) is 22.4 Å². The lowest BCUT2D eigenvalue weighted by molar-refractivity contribution is -0.127. The molecule has 1 saturated heterocycles. The quantitative estimate of drug-likeness (QED) is 0.451. The predicted molar refractivity (Wildman–Crippen MR) is 123 cm³/mol. The van der Waals surface area contributed by atoms with Crippen molar-refractivity contribution in [2.45, 2.75) is 19.3 Å². The van der Waals surface area contributed by atoms with E-state index in [1.807, 2.05) is 41.3 Å². The molecule has 1 atom stereocenters. The SMILES string of the molecule is COc1ccc(CCNC(N)=NCC2CC(=O)N(CCc3ccccc3)C2)cc1OC. The largest absolute Gasteiger partial charge is 0.493 e. The number of hydrogen-bond acceptors (Lipinski definition) is 4. The lowest BCUT2D eigenvalue weighted by Crippen LogP contribution is -2.34. The van der Waals surface area contributed by atoms with Crippen LogP contribution in [0.3, 0.4) is 0 Å². The molecule has 0 bridgehead atoms. The highest BCUT2D eigenvalue weighted by Gasteiger charge is 2.28. The Hall–Kier alpha value is -3.22. The summed E-state index contributed by atoms with van der Waals surface area (Å²) in [4.78, 5) is 18.7. The van der Waals surface area contributed by atoms with Crippen LogP contribution < -0.4 is 20.5 Å². The van der Waals surface area contributed by atoms with Gasteiger partial charge in [0, 0.05) is 38.5 Å². The summed E-state index contributed by atoms with van der Waals surface area (Å²) in [5, 5.41) is 3.15. The number of likely N-dealkylation sites (tertiary alicyclic amines) is 1. The van der Waals surface area contributed by atoms with Crippen LogP contribution in [0.4, 0.5) is 0 Å². The molecule has 0 spiro atoms. The van der Waals surface area contributed by atoms with Crippen LogP contribution in [0.15, 0.2) is 53.5 Å². The standard InChI is InChI=1S/C24H32N4O3/c1-30-21-9-8-19(14-22(21)31-2)10-12-26-24(25)27-16-20-15-23(29)28(17-20)13-11-18-6-4-3-5-7-18/h3-9,14,20H,10-13,15-17H2,1-2H3,(H3,25,26,27). The molecule has 1 fully saturated rings. The summed E-state index contributed by atoms with van der Waals surface area (Å²) in [5.74, 6) is 2.26. The summed E-state index contributed by atoms with van der Waals surface area (Å²) in [5.41, 5.74) is 8.39. The fourth-order valence-electron chi connectivity index (χ4n) is 3.76. The van der Waals surface area contributed by atoms with E-state index in [1.165, 1.54) is 5.56 Å². The number of rotatable bonds is 10. The van der Waals surface area contributed by atoms with Crippen molar-refractivity contribution in [3.05, 3.63) is 59.7 Å². The maximum Gasteiger partial charge on any atom is 0.223 e. The first-order chi connectivity index (χ1) is 15.1. The van der Waals surface area contributed by atoms with Gasteiger partial charge in [0.05, 0.1) is 14.2 Å². The van der Waals surface area contributed by atoms with E-state index in [0.717, 1.165) is 31.5 Å². The number of amides is 1. The summed E-state index contributed by atoms with van der Waals surface area (Å²) in [7, 11) is 3.25. The molecule has 1 unspecified atom stereocenters. The normalized spacial score (nSPS) is 16.5. The van der Waals surface area contributed by atoms with E-state index < -0.39 is 0 Å². The Labute approximate surface area is 184 Å². The van der Waals surface area contributed by atoms with Crippen molar-refractivity contribution >= 4 is 11.9 Å². The number of benzene rings is 2. The maximum atomic E-state index is 12.3. The maximum absolute atomic E-state index is 12.3. The molecule has 31 heavy (non-hydrogen) atoms. The van der Waals surface area contributed by atoms with Gasteiger partial charge in [-0.2, -0.15) is 0 Å². The Morgan fingerprint density at radius 2 is 1.87 bits per heavy atom. The minimum Gasteiger partial charge on any atom is -0.493 e. The van der Waals surface area contributed by atoms with Gasteiger partial charge in [0.15, 0.2) is 17.5 Å². The number of nitrogens with zero attached hydrogens (tertiary/aromatic N) is 2. The molecule has 1 amide bonds. The van der Waals surface area contributed by atoms with Crippen LogP contribution in [0.25, 0.3) is 0 Å². The van der Waals surface area contributed by atoms with E-state index in [0.29, 0.717) is 37.0 Å². The van der Waals surface area contributed by atoms with Crippen molar-refractivity contribution in [3.8, 4) is 11.5 Å². The van der Waals surface area contributed by atoms with Crippen LogP contribution in [-0.2, 0) is 17.6 Å². The first kappa shape index (κ1) is 22.5. The van der Waals surface area contributed by atoms with Gasteiger partial charge in [-0.3, -0.25) is 9.79 Å². The number of nitrogens with two attached hydrogens (primary N) is 1. The number of carbonyl (C=O) groups is 1. The zero-order valence-corrected chi connectivity index (χ0v) is 18.3. The van der Waals surface area contributed by atoms with Gasteiger partial charge in [-0.25, -0.2) is 0 Å². The Bertz CT molecular complexity index is 886. The second-order valence-electron chi connectivity index (χ2n) is 7.74. The van der Waals surface area contributed by atoms with Gasteiger partial charge >= 0.3 is 0 Å². The number of nitrogens with one attached hydrogen (secondary N) is 1. The van der Waals surface area contributed by atoms with Crippen molar-refractivity contribution in [1.29, 1.82) is 0 Å². The topological polar surface area (TPSA) is 89.2 Å². The average molecular weight is 425 g/mol. The molecule has 2 aromatic rings. The molecule has 1 aliphatic heterocycles. The van der Waals surface area contributed by atoms with Crippen LogP contribution in [0.2, 0.25) is 0 Å². The van der Waals surface area contributed by atoms with Gasteiger partial charge < -0.3 is 25.4 Å². The minimum absolute atomic E-state index is 0.205. The smallest absolute Gasteiger partial charge is 0.223 e. The number of methoxy groups -OCH3 is 2. The molecule has 3 rings (SSSR count). The summed E-state index contributed by atoms with van der Waals surface area (Å²) < 4.78 is 10.6. The molecule has 7 nitrogen and oxygen atoms in total. The Morgan fingerprint density at radius 3 is 2.61 bits per heavy atom. The summed E-state index contributed by atoms with van der Waals surface area (Å²) in [6.45, 7) is 2.72. The molecule has 7 heteroatoms. The molecule has 0 aromatic heterocycles. The van der Waals surface area contributed by atoms with Gasteiger partial charge in [-0.15, -0.1) is 0 Å². The van der Waals surface area contributed by atoms with E-state index in [9.17, 15) is 4.79 Å². The number of carbonyl (C=O) groups excluding carboxylic acids is 1. The van der Waals surface area contributed by atoms with Gasteiger partial charge in [0.25, 0.3) is 0 Å². The van der Waals surface area contributed by atoms with Crippen LogP contribution in [-0.4, -0.2) is 57.2 Å². The van der Waals surface area contributed by atoms with Gasteiger partial charge in [0.2, 0.25) is 5.91 Å². The first-order valence-corrected chi connectivity index (χ1v) is 10.7. The monoisotopic (exact) mass is 424 g/mol. The third-order valence-electron chi connectivity index (χ3n) is 5.50. The van der Waals surface area contributed by atoms with E-state index in [-0.39, 0.29) is 11.8 Å². The van der Waals surface area contributed by atoms with Crippen molar-refractivity contribution in [1.82, 2.24) is 10.2 Å². The lowest BCUT2D eigenvalue weighted by Gasteiger charge is -2.16. The van der Waals surface area contributed by atoms with Gasteiger partial charge in [-0.05, 0) is 36.1 Å². The van der Waals surface area contributed by atoms with Gasteiger partial charge in [-0.1, -0.05) is 36.4 Å². The van der Waals surface area contributed by atoms with E-state index in [1.54, 1.807) is 14.2 Å². The molecule has 0 radical (unpaired) electrons. The highest BCUT2D eigenvalue weighted by atomic mass is 16.5. The zero-order chi connectivity index (χ0) is 22.1. The molecule has 166 valence electrons. The molecule has 0 saturated carbocycles. The fourth-order valence-corrected chi connectivity index (χ4v) is 3.76. The highest BCUT2D eigenvalue weighted by Crippen LogP contribution is 2.27. The van der Waals surface area contributed by atoms with Crippen LogP contribution >= 0.6 is 0 Å². The van der Waals surface area contributed by atoms with Crippen molar-refractivity contribution in [2.24, 2.45) is 16.6 Å². The van der Waals surface area contributed by atoms with Crippen LogP contribution in [0, 0.1) is 5.92 Å². The molecule has 3 N–H and O–H groups in total. The van der Waals surface area contributed by atoms with Crippen LogP contribution in [0.1, 0.15) is 17.5 Å². The molecule has 0 aliphatic carbocycles. The third-order valence-corrected chi connectivity index (χ3v) is 5.50. The second-order valence-corrected chi connectivity index (χ2v) is 7.74. The fraction of sp³-hybridized carbons (Fsp3) is 0.417. The third kappa shape index (κ3) is 6.64. The Kier molecular flexibility index (Phi) is 8.15. The zero-order valence-electron chi connectivity index (χ0n) is 18.3. The lowest BCUT2D eigenvalue weighted by atomic mass is 10.1. The Balaban J connectivity index is 1.39. The van der Waals surface area contributed by atoms with E-state index in [4.69, 9.17) is 15.2 Å². The highest BCUT2D eigenvalue weighted by molar-refractivity contribution is 5.79. The molecule has 2 aromatic carbocycles. The summed E-state index contributed by atoms with van der Waals surface area (Å²) in [6, 6.07) is 16.1. The molecule has 1 heterocycles. The number of guanidine groups is 1.